The lowest BCUT2D eigenvalue weighted by molar-refractivity contribution is 0.316. The number of hydrogen-bond donors (Lipinski definition) is 4. The number of para-hydroxylation sites is 1. The molecule has 4 N–H and O–H groups in total. The van der Waals surface area contributed by atoms with Crippen LogP contribution in [0.4, 0.5) is 40.6 Å². The molecule has 0 aliphatic rings. The molecule has 2 aromatic heterocycles. The van der Waals surface area contributed by atoms with E-state index < -0.39 is 0 Å². The van der Waals surface area contributed by atoms with Crippen molar-refractivity contribution in [3.8, 4) is 0 Å². The molecule has 0 bridgehead atoms. The van der Waals surface area contributed by atoms with Gasteiger partial charge in [0.1, 0.15) is 0 Å². The maximum Gasteiger partial charge on any atom is 0.233 e. The van der Waals surface area contributed by atoms with Gasteiger partial charge in [0.05, 0.1) is 5.52 Å². The first-order valence-electron chi connectivity index (χ1n) is 13.7. The molecule has 0 fully saturated rings. The highest BCUT2D eigenvalue weighted by Gasteiger charge is 2.10. The third-order valence-corrected chi connectivity index (χ3v) is 6.99. The molecule has 0 amide bonds. The second-order valence-corrected chi connectivity index (χ2v) is 9.98. The van der Waals surface area contributed by atoms with E-state index in [4.69, 9.17) is 11.6 Å². The number of aryl methyl sites for hydroxylation is 1. The minimum atomic E-state index is 0.444. The highest BCUT2D eigenvalue weighted by Crippen LogP contribution is 2.28. The summed E-state index contributed by atoms with van der Waals surface area (Å²) in [4.78, 5) is 20.7. The molecule has 0 saturated heterocycles. The monoisotopic (exact) mass is 567 g/mol. The van der Waals surface area contributed by atoms with E-state index >= 15 is 0 Å². The van der Waals surface area contributed by atoms with Crippen LogP contribution in [0, 0.1) is 6.92 Å². The molecule has 5 rings (SSSR count). The van der Waals surface area contributed by atoms with E-state index in [2.05, 4.69) is 60.0 Å². The number of likely N-dealkylation sites (N-methyl/N-ethyl adjacent to an activating group) is 1. The third kappa shape index (κ3) is 7.39. The Morgan fingerprint density at radius 2 is 1.41 bits per heavy atom. The summed E-state index contributed by atoms with van der Waals surface area (Å²) in [7, 11) is 0. The third-order valence-electron chi connectivity index (χ3n) is 6.76. The fourth-order valence-electron chi connectivity index (χ4n) is 4.42. The first-order valence-corrected chi connectivity index (χ1v) is 14.1. The van der Waals surface area contributed by atoms with Crippen molar-refractivity contribution in [2.24, 2.45) is 0 Å². The lowest BCUT2D eigenvalue weighted by Gasteiger charge is -2.18. The van der Waals surface area contributed by atoms with Crippen molar-refractivity contribution in [3.63, 3.8) is 0 Å². The topological polar surface area (TPSA) is 103 Å². The van der Waals surface area contributed by atoms with Gasteiger partial charge in [0.15, 0.2) is 0 Å². The predicted molar refractivity (Wildman–Crippen MR) is 170 cm³/mol. The van der Waals surface area contributed by atoms with Crippen LogP contribution < -0.4 is 21.3 Å². The van der Waals surface area contributed by atoms with Crippen molar-refractivity contribution in [1.82, 2.24) is 24.8 Å². The maximum absolute atomic E-state index is 6.14. The second-order valence-electron chi connectivity index (χ2n) is 9.55. The molecule has 41 heavy (non-hydrogen) atoms. The Kier molecular flexibility index (Phi) is 9.08. The maximum atomic E-state index is 6.14. The van der Waals surface area contributed by atoms with Gasteiger partial charge in [0.25, 0.3) is 0 Å². The van der Waals surface area contributed by atoms with Crippen LogP contribution in [0.15, 0.2) is 79.0 Å². The Hall–Kier alpha value is -4.47. The first kappa shape index (κ1) is 28.1. The SMILES string of the molecule is CCN(CC)CCNc1nc(Nc2ccc(Nc3ccnc4cc(Cl)ccc34)cc2)nc(Nc2ccccc2C)n1. The van der Waals surface area contributed by atoms with Gasteiger partial charge >= 0.3 is 0 Å². The normalized spacial score (nSPS) is 11.0. The quantitative estimate of drug-likeness (QED) is 0.123. The van der Waals surface area contributed by atoms with Gasteiger partial charge in [0, 0.05) is 52.4 Å². The Bertz CT molecular complexity index is 1600. The summed E-state index contributed by atoms with van der Waals surface area (Å²) in [6.45, 7) is 9.99. The summed E-state index contributed by atoms with van der Waals surface area (Å²) >= 11 is 6.14. The van der Waals surface area contributed by atoms with E-state index in [-0.39, 0.29) is 0 Å². The number of pyridine rings is 1. The smallest absolute Gasteiger partial charge is 0.233 e. The van der Waals surface area contributed by atoms with E-state index in [0.29, 0.717) is 22.9 Å². The molecule has 2 heterocycles. The molecule has 0 aliphatic heterocycles. The summed E-state index contributed by atoms with van der Waals surface area (Å²) in [6, 6.07) is 23.7. The van der Waals surface area contributed by atoms with Crippen LogP contribution in [0.3, 0.4) is 0 Å². The lowest BCUT2D eigenvalue weighted by atomic mass is 10.2. The van der Waals surface area contributed by atoms with Gasteiger partial charge in [-0.1, -0.05) is 43.6 Å². The number of hydrogen-bond acceptors (Lipinski definition) is 9. The average molecular weight is 568 g/mol. The molecular formula is C31H34ClN9. The number of fused-ring (bicyclic) bond motifs is 1. The van der Waals surface area contributed by atoms with Crippen molar-refractivity contribution in [2.75, 3.05) is 47.4 Å². The fourth-order valence-corrected chi connectivity index (χ4v) is 4.58. The van der Waals surface area contributed by atoms with Crippen LogP contribution in [0.5, 0.6) is 0 Å². The Morgan fingerprint density at radius 3 is 2.15 bits per heavy atom. The number of rotatable bonds is 12. The van der Waals surface area contributed by atoms with Crippen molar-refractivity contribution in [3.05, 3.63) is 89.6 Å². The molecule has 5 aromatic rings. The van der Waals surface area contributed by atoms with E-state index in [1.54, 1.807) is 6.20 Å². The second kappa shape index (κ2) is 13.3. The number of nitrogens with zero attached hydrogens (tertiary/aromatic N) is 5. The molecule has 0 aliphatic carbocycles. The Labute approximate surface area is 245 Å². The van der Waals surface area contributed by atoms with Gasteiger partial charge in [0.2, 0.25) is 17.8 Å². The molecule has 210 valence electrons. The number of benzene rings is 3. The highest BCUT2D eigenvalue weighted by atomic mass is 35.5. The van der Waals surface area contributed by atoms with E-state index in [1.807, 2.05) is 79.7 Å². The Balaban J connectivity index is 1.33. The van der Waals surface area contributed by atoms with Crippen LogP contribution in [-0.2, 0) is 0 Å². The predicted octanol–water partition coefficient (Wildman–Crippen LogP) is 7.37. The van der Waals surface area contributed by atoms with Gasteiger partial charge in [-0.25, -0.2) is 0 Å². The Morgan fingerprint density at radius 1 is 0.732 bits per heavy atom. The van der Waals surface area contributed by atoms with Crippen molar-refractivity contribution < 1.29 is 0 Å². The zero-order chi connectivity index (χ0) is 28.6. The summed E-state index contributed by atoms with van der Waals surface area (Å²) in [5.41, 5.74) is 5.63. The lowest BCUT2D eigenvalue weighted by Crippen LogP contribution is -2.29. The zero-order valence-corrected chi connectivity index (χ0v) is 24.2. The zero-order valence-electron chi connectivity index (χ0n) is 23.4. The van der Waals surface area contributed by atoms with Crippen molar-refractivity contribution in [1.29, 1.82) is 0 Å². The number of halogens is 1. The van der Waals surface area contributed by atoms with E-state index in [0.717, 1.165) is 65.4 Å². The number of aromatic nitrogens is 4. The van der Waals surface area contributed by atoms with Crippen LogP contribution in [-0.4, -0.2) is 51.0 Å². The summed E-state index contributed by atoms with van der Waals surface area (Å²) in [5.74, 6) is 1.41. The summed E-state index contributed by atoms with van der Waals surface area (Å²) in [5, 5.41) is 15.2. The van der Waals surface area contributed by atoms with Crippen molar-refractivity contribution >= 4 is 63.1 Å². The minimum Gasteiger partial charge on any atom is -0.355 e. The van der Waals surface area contributed by atoms with Gasteiger partial charge in [-0.2, -0.15) is 15.0 Å². The molecule has 0 atom stereocenters. The first-order chi connectivity index (χ1) is 20.0. The van der Waals surface area contributed by atoms with Crippen LogP contribution >= 0.6 is 11.6 Å². The van der Waals surface area contributed by atoms with E-state index in [9.17, 15) is 0 Å². The standard InChI is InChI=1S/C31H34ClN9/c1-4-41(5-2)19-18-34-29-38-30(40-31(39-29)37-26-9-7-6-8-21(26)3)36-24-13-11-23(12-14-24)35-27-16-17-33-28-20-22(32)10-15-25(27)28/h6-17,20H,4-5,18-19H2,1-3H3,(H,33,35)(H3,34,36,37,38,39,40). The molecule has 0 spiro atoms. The fraction of sp³-hybridized carbons (Fsp3) is 0.226. The average Bonchev–Trinajstić information content (AvgIpc) is 2.97. The molecule has 9 nitrogen and oxygen atoms in total. The molecule has 10 heteroatoms. The summed E-state index contributed by atoms with van der Waals surface area (Å²) in [6.07, 6.45) is 1.77. The summed E-state index contributed by atoms with van der Waals surface area (Å²) < 4.78 is 0. The number of nitrogens with one attached hydrogen (secondary N) is 4. The molecule has 0 unspecified atom stereocenters. The van der Waals surface area contributed by atoms with Crippen LogP contribution in [0.25, 0.3) is 10.9 Å². The molecule has 0 radical (unpaired) electrons. The van der Waals surface area contributed by atoms with Gasteiger partial charge in [-0.05, 0) is 80.2 Å². The highest BCUT2D eigenvalue weighted by molar-refractivity contribution is 6.31. The van der Waals surface area contributed by atoms with Crippen LogP contribution in [0.1, 0.15) is 19.4 Å². The van der Waals surface area contributed by atoms with Gasteiger partial charge in [-0.3, -0.25) is 4.98 Å². The molecule has 0 saturated carbocycles. The van der Waals surface area contributed by atoms with Crippen LogP contribution in [0.2, 0.25) is 5.02 Å². The van der Waals surface area contributed by atoms with E-state index in [1.165, 1.54) is 0 Å². The largest absolute Gasteiger partial charge is 0.355 e. The number of anilines is 7. The van der Waals surface area contributed by atoms with Gasteiger partial charge in [-0.15, -0.1) is 0 Å². The molecule has 3 aromatic carbocycles. The van der Waals surface area contributed by atoms with Gasteiger partial charge < -0.3 is 26.2 Å². The van der Waals surface area contributed by atoms with Crippen molar-refractivity contribution in [2.45, 2.75) is 20.8 Å². The molecular weight excluding hydrogens is 534 g/mol. The minimum absolute atomic E-state index is 0.444.